The molecule has 5 nitrogen and oxygen atoms in total. The van der Waals surface area contributed by atoms with E-state index in [0.29, 0.717) is 19.6 Å². The van der Waals surface area contributed by atoms with Gasteiger partial charge in [-0.05, 0) is 15.9 Å². The van der Waals surface area contributed by atoms with Crippen molar-refractivity contribution in [3.05, 3.63) is 16.4 Å². The molecule has 0 bridgehead atoms. The monoisotopic (exact) mass is 245 g/mol. The van der Waals surface area contributed by atoms with Crippen LogP contribution in [0.15, 0.2) is 10.7 Å². The fourth-order valence-electron chi connectivity index (χ4n) is 1.38. The molecule has 0 radical (unpaired) electrons. The molecule has 0 fully saturated rings. The maximum atomic E-state index is 10.7. The molecule has 2 heterocycles. The van der Waals surface area contributed by atoms with Gasteiger partial charge in [-0.25, -0.2) is 4.79 Å². The highest BCUT2D eigenvalue weighted by molar-refractivity contribution is 9.10. The first-order chi connectivity index (χ1) is 6.18. The summed E-state index contributed by atoms with van der Waals surface area (Å²) >= 11 is 3.33. The Morgan fingerprint density at radius 2 is 2.38 bits per heavy atom. The second-order valence-electron chi connectivity index (χ2n) is 2.87. The first kappa shape index (κ1) is 8.55. The SMILES string of the molecule is O=C(O)N1CCn2ncc(Br)c2C1. The van der Waals surface area contributed by atoms with Crippen LogP contribution in [0.4, 0.5) is 4.79 Å². The summed E-state index contributed by atoms with van der Waals surface area (Å²) in [7, 11) is 0. The molecule has 0 aliphatic carbocycles. The predicted octanol–water partition coefficient (Wildman–Crippen LogP) is 1.14. The Hall–Kier alpha value is -1.04. The van der Waals surface area contributed by atoms with Gasteiger partial charge in [-0.15, -0.1) is 0 Å². The van der Waals surface area contributed by atoms with Crippen molar-refractivity contribution < 1.29 is 9.90 Å². The number of halogens is 1. The van der Waals surface area contributed by atoms with Gasteiger partial charge in [0.1, 0.15) is 0 Å². The molecule has 1 aromatic heterocycles. The standard InChI is InChI=1S/C7H8BrN3O2/c8-5-3-9-11-2-1-10(7(12)13)4-6(5)11/h3H,1-2,4H2,(H,12,13). The maximum Gasteiger partial charge on any atom is 0.407 e. The lowest BCUT2D eigenvalue weighted by Crippen LogP contribution is -2.37. The third-order valence-electron chi connectivity index (χ3n) is 2.09. The second kappa shape index (κ2) is 3.02. The summed E-state index contributed by atoms with van der Waals surface area (Å²) in [6, 6.07) is 0. The molecule has 0 aromatic carbocycles. The Bertz CT molecular complexity index is 350. The average Bonchev–Trinajstić information content (AvgIpc) is 2.47. The van der Waals surface area contributed by atoms with Crippen LogP contribution in [-0.2, 0) is 13.1 Å². The maximum absolute atomic E-state index is 10.7. The van der Waals surface area contributed by atoms with Crippen LogP contribution in [0, 0.1) is 0 Å². The normalized spacial score (nSPS) is 15.6. The smallest absolute Gasteiger partial charge is 0.407 e. The van der Waals surface area contributed by atoms with Gasteiger partial charge in [0.25, 0.3) is 0 Å². The zero-order valence-electron chi connectivity index (χ0n) is 6.77. The quantitative estimate of drug-likeness (QED) is 0.746. The van der Waals surface area contributed by atoms with Gasteiger partial charge >= 0.3 is 6.09 Å². The van der Waals surface area contributed by atoms with Crippen molar-refractivity contribution in [2.45, 2.75) is 13.1 Å². The first-order valence-corrected chi connectivity index (χ1v) is 4.66. The number of hydrogen-bond acceptors (Lipinski definition) is 2. The first-order valence-electron chi connectivity index (χ1n) is 3.86. The molecule has 2 rings (SSSR count). The highest BCUT2D eigenvalue weighted by Gasteiger charge is 2.22. The average molecular weight is 246 g/mol. The van der Waals surface area contributed by atoms with E-state index in [-0.39, 0.29) is 0 Å². The van der Waals surface area contributed by atoms with Crippen molar-refractivity contribution in [1.82, 2.24) is 14.7 Å². The summed E-state index contributed by atoms with van der Waals surface area (Å²) in [6.07, 6.45) is 0.820. The molecule has 13 heavy (non-hydrogen) atoms. The van der Waals surface area contributed by atoms with Crippen molar-refractivity contribution in [2.75, 3.05) is 6.54 Å². The summed E-state index contributed by atoms with van der Waals surface area (Å²) < 4.78 is 2.70. The molecule has 0 unspecified atom stereocenters. The van der Waals surface area contributed by atoms with E-state index in [1.54, 1.807) is 6.20 Å². The van der Waals surface area contributed by atoms with Crippen LogP contribution in [0.3, 0.4) is 0 Å². The van der Waals surface area contributed by atoms with E-state index < -0.39 is 6.09 Å². The van der Waals surface area contributed by atoms with Crippen molar-refractivity contribution in [1.29, 1.82) is 0 Å². The number of fused-ring (bicyclic) bond motifs is 1. The van der Waals surface area contributed by atoms with Gasteiger partial charge in [0.05, 0.1) is 29.5 Å². The molecule has 1 aliphatic rings. The number of nitrogens with zero attached hydrogens (tertiary/aromatic N) is 3. The topological polar surface area (TPSA) is 58.4 Å². The van der Waals surface area contributed by atoms with E-state index in [1.165, 1.54) is 4.90 Å². The highest BCUT2D eigenvalue weighted by atomic mass is 79.9. The molecular formula is C7H8BrN3O2. The Morgan fingerprint density at radius 1 is 1.62 bits per heavy atom. The zero-order valence-corrected chi connectivity index (χ0v) is 8.36. The largest absolute Gasteiger partial charge is 0.465 e. The van der Waals surface area contributed by atoms with Crippen LogP contribution in [0.2, 0.25) is 0 Å². The van der Waals surface area contributed by atoms with Crippen molar-refractivity contribution in [3.63, 3.8) is 0 Å². The number of carbonyl (C=O) groups is 1. The van der Waals surface area contributed by atoms with Gasteiger partial charge in [0.15, 0.2) is 0 Å². The fraction of sp³-hybridized carbons (Fsp3) is 0.429. The molecule has 1 aromatic rings. The third-order valence-corrected chi connectivity index (χ3v) is 2.75. The molecule has 1 amide bonds. The van der Waals surface area contributed by atoms with E-state index >= 15 is 0 Å². The van der Waals surface area contributed by atoms with Crippen LogP contribution in [0.25, 0.3) is 0 Å². The number of amides is 1. The molecule has 70 valence electrons. The minimum absolute atomic E-state index is 0.413. The lowest BCUT2D eigenvalue weighted by atomic mass is 10.3. The van der Waals surface area contributed by atoms with Crippen molar-refractivity contribution in [2.24, 2.45) is 0 Å². The highest BCUT2D eigenvalue weighted by Crippen LogP contribution is 2.20. The lowest BCUT2D eigenvalue weighted by molar-refractivity contribution is 0.131. The van der Waals surface area contributed by atoms with Crippen LogP contribution < -0.4 is 0 Å². The van der Waals surface area contributed by atoms with Gasteiger partial charge in [-0.3, -0.25) is 4.68 Å². The second-order valence-corrected chi connectivity index (χ2v) is 3.72. The van der Waals surface area contributed by atoms with Crippen molar-refractivity contribution in [3.8, 4) is 0 Å². The van der Waals surface area contributed by atoms with Gasteiger partial charge in [0.2, 0.25) is 0 Å². The number of carboxylic acid groups (broad SMARTS) is 1. The molecule has 1 aliphatic heterocycles. The van der Waals surface area contributed by atoms with Gasteiger partial charge < -0.3 is 10.0 Å². The third kappa shape index (κ3) is 1.41. The summed E-state index contributed by atoms with van der Waals surface area (Å²) in [5.74, 6) is 0. The summed E-state index contributed by atoms with van der Waals surface area (Å²) in [5.41, 5.74) is 0.925. The van der Waals surface area contributed by atoms with Gasteiger partial charge in [-0.1, -0.05) is 0 Å². The molecule has 0 atom stereocenters. The minimum atomic E-state index is -0.876. The van der Waals surface area contributed by atoms with Crippen LogP contribution >= 0.6 is 15.9 Å². The number of aromatic nitrogens is 2. The van der Waals surface area contributed by atoms with E-state index in [9.17, 15) is 4.79 Å². The van der Waals surface area contributed by atoms with Gasteiger partial charge in [-0.2, -0.15) is 5.10 Å². The summed E-state index contributed by atoms with van der Waals surface area (Å²) in [6.45, 7) is 1.56. The van der Waals surface area contributed by atoms with Crippen LogP contribution in [-0.4, -0.2) is 32.4 Å². The molecule has 0 saturated heterocycles. The van der Waals surface area contributed by atoms with Gasteiger partial charge in [0, 0.05) is 6.54 Å². The summed E-state index contributed by atoms with van der Waals surface area (Å²) in [5, 5.41) is 12.9. The Morgan fingerprint density at radius 3 is 3.08 bits per heavy atom. The minimum Gasteiger partial charge on any atom is -0.465 e. The van der Waals surface area contributed by atoms with Crippen LogP contribution in [0.1, 0.15) is 5.69 Å². The number of rotatable bonds is 0. The lowest BCUT2D eigenvalue weighted by Gasteiger charge is -2.25. The summed E-state index contributed by atoms with van der Waals surface area (Å²) in [4.78, 5) is 12.1. The van der Waals surface area contributed by atoms with E-state index in [2.05, 4.69) is 21.0 Å². The molecule has 1 N–H and O–H groups in total. The molecule has 6 heteroatoms. The van der Waals surface area contributed by atoms with E-state index in [0.717, 1.165) is 10.2 Å². The Balaban J connectivity index is 2.27. The zero-order chi connectivity index (χ0) is 9.42. The Labute approximate surface area is 83.1 Å². The predicted molar refractivity (Wildman–Crippen MR) is 48.4 cm³/mol. The van der Waals surface area contributed by atoms with E-state index in [1.807, 2.05) is 4.68 Å². The van der Waals surface area contributed by atoms with Crippen molar-refractivity contribution >= 4 is 22.0 Å². The molecular weight excluding hydrogens is 238 g/mol. The molecule has 0 spiro atoms. The van der Waals surface area contributed by atoms with E-state index in [4.69, 9.17) is 5.11 Å². The fourth-order valence-corrected chi connectivity index (χ4v) is 1.80. The Kier molecular flexibility index (Phi) is 1.99. The number of hydrogen-bond donors (Lipinski definition) is 1. The molecule has 0 saturated carbocycles. The van der Waals surface area contributed by atoms with Crippen LogP contribution in [0.5, 0.6) is 0 Å².